The van der Waals surface area contributed by atoms with Gasteiger partial charge in [-0.15, -0.1) is 0 Å². The Kier molecular flexibility index (Phi) is 2.10. The van der Waals surface area contributed by atoms with Gasteiger partial charge in [-0.1, -0.05) is 6.07 Å². The highest BCUT2D eigenvalue weighted by molar-refractivity contribution is 6.14. The van der Waals surface area contributed by atoms with Crippen molar-refractivity contribution in [2.24, 2.45) is 12.0 Å². The number of aromatic nitrogens is 2. The lowest BCUT2D eigenvalue weighted by molar-refractivity contribution is 0.101. The van der Waals surface area contributed by atoms with Crippen molar-refractivity contribution in [3.05, 3.63) is 34.9 Å². The van der Waals surface area contributed by atoms with Gasteiger partial charge in [-0.05, 0) is 18.6 Å². The quantitative estimate of drug-likeness (QED) is 0.821. The van der Waals surface area contributed by atoms with E-state index in [2.05, 4.69) is 10.1 Å². The second-order valence-corrected chi connectivity index (χ2v) is 4.34. The summed E-state index contributed by atoms with van der Waals surface area (Å²) < 4.78 is 1.73. The van der Waals surface area contributed by atoms with E-state index in [0.717, 1.165) is 22.4 Å². The van der Waals surface area contributed by atoms with E-state index in [1.165, 1.54) is 0 Å². The number of hydrogen-bond acceptors (Lipinski definition) is 3. The number of nitrogens with zero attached hydrogens (tertiary/aromatic N) is 3. The molecule has 0 saturated heterocycles. The van der Waals surface area contributed by atoms with Crippen molar-refractivity contribution in [2.75, 3.05) is 5.73 Å². The topological polar surface area (TPSA) is 73.3 Å². The summed E-state index contributed by atoms with van der Waals surface area (Å²) in [6.45, 7) is 1.97. The molecule has 18 heavy (non-hydrogen) atoms. The molecule has 0 fully saturated rings. The van der Waals surface area contributed by atoms with Gasteiger partial charge in [-0.3, -0.25) is 9.48 Å². The average Bonchev–Trinajstić information content (AvgIpc) is 2.84. The van der Waals surface area contributed by atoms with Gasteiger partial charge in [0.15, 0.2) is 0 Å². The maximum Gasteiger partial charge on any atom is 0.277 e. The first-order valence-electron chi connectivity index (χ1n) is 5.60. The molecule has 0 unspecified atom stereocenters. The van der Waals surface area contributed by atoms with Crippen LogP contribution in [-0.2, 0) is 7.05 Å². The van der Waals surface area contributed by atoms with Crippen LogP contribution in [0.1, 0.15) is 21.5 Å². The lowest BCUT2D eigenvalue weighted by atomic mass is 9.97. The van der Waals surface area contributed by atoms with Crippen molar-refractivity contribution < 1.29 is 4.79 Å². The summed E-state index contributed by atoms with van der Waals surface area (Å²) >= 11 is 0. The number of carbonyl (C=O) groups is 1. The van der Waals surface area contributed by atoms with E-state index in [0.29, 0.717) is 11.4 Å². The van der Waals surface area contributed by atoms with Crippen LogP contribution in [0.4, 0.5) is 5.82 Å². The normalized spacial score (nSPS) is 13.1. The summed E-state index contributed by atoms with van der Waals surface area (Å²) in [5, 5.41) is 4.13. The molecule has 0 saturated carbocycles. The van der Waals surface area contributed by atoms with Crippen molar-refractivity contribution in [3.8, 4) is 11.3 Å². The second kappa shape index (κ2) is 3.53. The van der Waals surface area contributed by atoms with Gasteiger partial charge in [0.25, 0.3) is 5.91 Å². The fourth-order valence-corrected chi connectivity index (χ4v) is 2.29. The van der Waals surface area contributed by atoms with Crippen LogP contribution in [0, 0.1) is 6.92 Å². The lowest BCUT2D eigenvalue weighted by Gasteiger charge is -2.09. The van der Waals surface area contributed by atoms with Gasteiger partial charge < -0.3 is 5.73 Å². The Hall–Kier alpha value is -2.43. The monoisotopic (exact) mass is 240 g/mol. The van der Waals surface area contributed by atoms with Gasteiger partial charge >= 0.3 is 0 Å². The molecular formula is C13H12N4O. The van der Waals surface area contributed by atoms with E-state index in [1.807, 2.05) is 26.1 Å². The molecule has 1 aromatic heterocycles. The van der Waals surface area contributed by atoms with Crippen molar-refractivity contribution in [3.63, 3.8) is 0 Å². The number of rotatable bonds is 1. The van der Waals surface area contributed by atoms with Crippen LogP contribution in [0.2, 0.25) is 0 Å². The third-order valence-corrected chi connectivity index (χ3v) is 3.23. The summed E-state index contributed by atoms with van der Waals surface area (Å²) in [6.07, 6.45) is 1.62. The fourth-order valence-electron chi connectivity index (χ4n) is 2.29. The van der Waals surface area contributed by atoms with Crippen molar-refractivity contribution in [2.45, 2.75) is 6.92 Å². The molecule has 5 heteroatoms. The Morgan fingerprint density at radius 1 is 1.28 bits per heavy atom. The Morgan fingerprint density at radius 3 is 2.67 bits per heavy atom. The fraction of sp³-hybridized carbons (Fsp3) is 0.154. The Morgan fingerprint density at radius 2 is 2.00 bits per heavy atom. The molecule has 1 aliphatic heterocycles. The molecule has 1 aliphatic rings. The first-order chi connectivity index (χ1) is 8.58. The highest BCUT2D eigenvalue weighted by Gasteiger charge is 2.20. The van der Waals surface area contributed by atoms with Crippen molar-refractivity contribution in [1.82, 2.24) is 9.78 Å². The van der Waals surface area contributed by atoms with Crippen LogP contribution in [0.5, 0.6) is 0 Å². The summed E-state index contributed by atoms with van der Waals surface area (Å²) in [6, 6.07) is 5.54. The maximum absolute atomic E-state index is 11.5. The molecule has 0 aliphatic carbocycles. The Bertz CT molecular complexity index is 697. The molecular weight excluding hydrogens is 228 g/mol. The predicted octanol–water partition coefficient (Wildman–Crippen LogP) is 1.55. The molecule has 1 amide bonds. The van der Waals surface area contributed by atoms with Gasteiger partial charge in [0, 0.05) is 30.5 Å². The number of nitrogens with two attached hydrogens (primary N) is 1. The molecule has 0 atom stereocenters. The number of fused-ring (bicyclic) bond motifs is 1. The van der Waals surface area contributed by atoms with E-state index < -0.39 is 0 Å². The number of amides is 1. The minimum absolute atomic E-state index is 0.177. The largest absolute Gasteiger partial charge is 0.382 e. The number of aryl methyl sites for hydroxylation is 1. The van der Waals surface area contributed by atoms with E-state index in [1.54, 1.807) is 17.0 Å². The zero-order chi connectivity index (χ0) is 12.9. The molecule has 5 nitrogen and oxygen atoms in total. The average molecular weight is 240 g/mol. The van der Waals surface area contributed by atoms with Crippen LogP contribution in [0.3, 0.4) is 0 Å². The summed E-state index contributed by atoms with van der Waals surface area (Å²) in [7, 11) is 1.84. The lowest BCUT2D eigenvalue weighted by Crippen LogP contribution is -2.00. The van der Waals surface area contributed by atoms with Gasteiger partial charge in [-0.25, -0.2) is 4.99 Å². The second-order valence-electron chi connectivity index (χ2n) is 4.34. The van der Waals surface area contributed by atoms with Crippen molar-refractivity contribution >= 4 is 17.9 Å². The molecule has 1 aromatic carbocycles. The predicted molar refractivity (Wildman–Crippen MR) is 69.7 cm³/mol. The molecule has 2 N–H and O–H groups in total. The van der Waals surface area contributed by atoms with E-state index in [-0.39, 0.29) is 5.91 Å². The number of aliphatic imine (C=N–C) groups is 1. The van der Waals surface area contributed by atoms with Gasteiger partial charge in [0.05, 0.1) is 11.3 Å². The standard InChI is InChI=1S/C13H12N4O/c1-7-8(11-5-12(14)16-17(11)2)3-4-9-10(7)6-15-13(9)18/h3-6H,1-2H3,(H2,14,16). The van der Waals surface area contributed by atoms with Crippen LogP contribution in [0.25, 0.3) is 11.3 Å². The SMILES string of the molecule is Cc1c(-c2cc(N)nn2C)ccc2c1C=NC2=O. The Balaban J connectivity index is 2.24. The van der Waals surface area contributed by atoms with Crippen LogP contribution in [0.15, 0.2) is 23.2 Å². The van der Waals surface area contributed by atoms with E-state index >= 15 is 0 Å². The first-order valence-corrected chi connectivity index (χ1v) is 5.60. The number of benzene rings is 1. The minimum atomic E-state index is -0.177. The number of hydrogen-bond donors (Lipinski definition) is 1. The van der Waals surface area contributed by atoms with Gasteiger partial charge in [0.2, 0.25) is 0 Å². The summed E-state index contributed by atoms with van der Waals surface area (Å²) in [5.74, 6) is 0.307. The molecule has 0 radical (unpaired) electrons. The first kappa shape index (κ1) is 10.7. The number of carbonyl (C=O) groups excluding carboxylic acids is 1. The van der Waals surface area contributed by atoms with E-state index in [9.17, 15) is 4.79 Å². The third-order valence-electron chi connectivity index (χ3n) is 3.23. The molecule has 2 aromatic rings. The molecule has 90 valence electrons. The Labute approximate surface area is 104 Å². The van der Waals surface area contributed by atoms with Crippen molar-refractivity contribution in [1.29, 1.82) is 0 Å². The zero-order valence-electron chi connectivity index (χ0n) is 10.1. The maximum atomic E-state index is 11.5. The third kappa shape index (κ3) is 1.37. The van der Waals surface area contributed by atoms with E-state index in [4.69, 9.17) is 5.73 Å². The number of anilines is 1. The molecule has 0 bridgehead atoms. The smallest absolute Gasteiger partial charge is 0.277 e. The highest BCUT2D eigenvalue weighted by Crippen LogP contribution is 2.30. The van der Waals surface area contributed by atoms with Crippen LogP contribution in [-0.4, -0.2) is 21.9 Å². The zero-order valence-corrected chi connectivity index (χ0v) is 10.1. The minimum Gasteiger partial charge on any atom is -0.382 e. The van der Waals surface area contributed by atoms with Crippen LogP contribution < -0.4 is 5.73 Å². The molecule has 3 rings (SSSR count). The van der Waals surface area contributed by atoms with Crippen LogP contribution >= 0.6 is 0 Å². The van der Waals surface area contributed by atoms with Gasteiger partial charge in [-0.2, -0.15) is 5.10 Å². The summed E-state index contributed by atoms with van der Waals surface area (Å²) in [4.78, 5) is 15.3. The molecule has 0 spiro atoms. The highest BCUT2D eigenvalue weighted by atomic mass is 16.1. The molecule has 2 heterocycles. The number of nitrogen functional groups attached to an aromatic ring is 1. The summed E-state index contributed by atoms with van der Waals surface area (Å²) in [5.41, 5.74) is 10.2. The van der Waals surface area contributed by atoms with Gasteiger partial charge in [0.1, 0.15) is 5.82 Å².